The van der Waals surface area contributed by atoms with Crippen molar-refractivity contribution >= 4 is 63.5 Å². The van der Waals surface area contributed by atoms with E-state index in [1.807, 2.05) is 24.3 Å². The first-order chi connectivity index (χ1) is 21.7. The van der Waals surface area contributed by atoms with Gasteiger partial charge in [-0.3, -0.25) is 24.0 Å². The van der Waals surface area contributed by atoms with Crippen LogP contribution in [0.5, 0.6) is 0 Å². The molecule has 1 fully saturated rings. The number of nitrogens with one attached hydrogen (secondary N) is 5. The molecule has 3 aromatic carbocycles. The standard InChI is InChI=1S/C33H31Cl2N5O5/c34-22-15-24(35)23-17-28(38-25(23)16-22)32(44)40-27(13-19-7-3-1-4-8-19)31(43)39-26(14-21-11-12-36-30(21)42)29(41)33(45)37-18-20-9-5-2-6-10-20/h1-10,15-17,21,26-27,38H,11-14,18H2,(H,36,42)(H,37,45)(H,39,43)(H,40,44)/t21-,26-,27-/m0/s1. The predicted molar refractivity (Wildman–Crippen MR) is 171 cm³/mol. The summed E-state index contributed by atoms with van der Waals surface area (Å²) >= 11 is 12.4. The molecule has 0 saturated carbocycles. The fourth-order valence-electron chi connectivity index (χ4n) is 5.26. The highest BCUT2D eigenvalue weighted by Gasteiger charge is 2.35. The quantitative estimate of drug-likeness (QED) is 0.149. The summed E-state index contributed by atoms with van der Waals surface area (Å²) in [4.78, 5) is 68.9. The number of carbonyl (C=O) groups is 5. The number of carbonyl (C=O) groups excluding carboxylic acids is 5. The Kier molecular flexibility index (Phi) is 10.2. The van der Waals surface area contributed by atoms with Crippen LogP contribution in [0.2, 0.25) is 10.0 Å². The van der Waals surface area contributed by atoms with E-state index in [0.717, 1.165) is 11.1 Å². The summed E-state index contributed by atoms with van der Waals surface area (Å²) in [6.45, 7) is 0.549. The number of Topliss-reactive ketones (excluding diaryl/α,β-unsaturated/α-hetero) is 1. The van der Waals surface area contributed by atoms with E-state index in [1.165, 1.54) is 0 Å². The Morgan fingerprint density at radius 1 is 0.867 bits per heavy atom. The molecule has 232 valence electrons. The molecule has 45 heavy (non-hydrogen) atoms. The lowest BCUT2D eigenvalue weighted by Gasteiger charge is -2.24. The van der Waals surface area contributed by atoms with Gasteiger partial charge in [0.1, 0.15) is 11.7 Å². The first-order valence-electron chi connectivity index (χ1n) is 14.4. The lowest BCUT2D eigenvalue weighted by Crippen LogP contribution is -2.55. The predicted octanol–water partition coefficient (Wildman–Crippen LogP) is 3.71. The second-order valence-corrected chi connectivity index (χ2v) is 11.7. The number of H-pyrrole nitrogens is 1. The number of rotatable bonds is 12. The van der Waals surface area contributed by atoms with Crippen LogP contribution in [0.1, 0.15) is 34.5 Å². The molecular formula is C33H31Cl2N5O5. The van der Waals surface area contributed by atoms with Crippen molar-refractivity contribution in [2.45, 2.75) is 37.9 Å². The second kappa shape index (κ2) is 14.4. The van der Waals surface area contributed by atoms with E-state index in [9.17, 15) is 24.0 Å². The molecule has 5 rings (SSSR count). The molecule has 5 N–H and O–H groups in total. The van der Waals surface area contributed by atoms with Crippen molar-refractivity contribution in [2.75, 3.05) is 6.54 Å². The summed E-state index contributed by atoms with van der Waals surface area (Å²) < 4.78 is 0. The summed E-state index contributed by atoms with van der Waals surface area (Å²) in [7, 11) is 0. The van der Waals surface area contributed by atoms with Gasteiger partial charge in [-0.2, -0.15) is 0 Å². The second-order valence-electron chi connectivity index (χ2n) is 10.9. The van der Waals surface area contributed by atoms with Gasteiger partial charge in [-0.05, 0) is 42.2 Å². The molecule has 2 heterocycles. The maximum atomic E-state index is 13.8. The lowest BCUT2D eigenvalue weighted by atomic mass is 9.94. The van der Waals surface area contributed by atoms with Gasteiger partial charge in [0.15, 0.2) is 0 Å². The molecule has 1 aromatic heterocycles. The fraction of sp³-hybridized carbons (Fsp3) is 0.242. The summed E-state index contributed by atoms with van der Waals surface area (Å²) in [6.07, 6.45) is 0.486. The number of fused-ring (bicyclic) bond motifs is 1. The minimum Gasteiger partial charge on any atom is -0.356 e. The molecule has 0 radical (unpaired) electrons. The third-order valence-electron chi connectivity index (χ3n) is 7.64. The summed E-state index contributed by atoms with van der Waals surface area (Å²) in [6, 6.07) is 20.4. The van der Waals surface area contributed by atoms with E-state index in [2.05, 4.69) is 26.3 Å². The van der Waals surface area contributed by atoms with Crippen molar-refractivity contribution in [1.82, 2.24) is 26.3 Å². The smallest absolute Gasteiger partial charge is 0.289 e. The SMILES string of the molecule is O=C(NCc1ccccc1)C(=O)[C@H](C[C@@H]1CCNC1=O)NC(=O)[C@H](Cc1ccccc1)NC(=O)c1cc2c(Cl)cc(Cl)cc2[nH]1. The van der Waals surface area contributed by atoms with Gasteiger partial charge < -0.3 is 26.3 Å². The zero-order valence-electron chi connectivity index (χ0n) is 24.1. The third kappa shape index (κ3) is 8.09. The van der Waals surface area contributed by atoms with Crippen LogP contribution in [0, 0.1) is 5.92 Å². The van der Waals surface area contributed by atoms with Gasteiger partial charge in [-0.15, -0.1) is 0 Å². The molecule has 1 aliphatic rings. The molecule has 10 nitrogen and oxygen atoms in total. The van der Waals surface area contributed by atoms with Gasteiger partial charge in [0, 0.05) is 41.4 Å². The minimum atomic E-state index is -1.30. The molecule has 4 aromatic rings. The van der Waals surface area contributed by atoms with Gasteiger partial charge in [0.05, 0.1) is 11.1 Å². The van der Waals surface area contributed by atoms with Crippen molar-refractivity contribution in [2.24, 2.45) is 5.92 Å². The zero-order valence-corrected chi connectivity index (χ0v) is 25.6. The van der Waals surface area contributed by atoms with Gasteiger partial charge in [-0.25, -0.2) is 0 Å². The Hall–Kier alpha value is -4.67. The normalized spacial score (nSPS) is 15.6. The number of benzene rings is 3. The molecule has 1 aliphatic heterocycles. The molecule has 12 heteroatoms. The topological polar surface area (TPSA) is 149 Å². The van der Waals surface area contributed by atoms with E-state index < -0.39 is 41.5 Å². The fourth-order valence-corrected chi connectivity index (χ4v) is 5.81. The van der Waals surface area contributed by atoms with Crippen LogP contribution < -0.4 is 21.3 Å². The highest BCUT2D eigenvalue weighted by Crippen LogP contribution is 2.28. The van der Waals surface area contributed by atoms with E-state index in [-0.39, 0.29) is 31.0 Å². The van der Waals surface area contributed by atoms with Crippen molar-refractivity contribution < 1.29 is 24.0 Å². The van der Waals surface area contributed by atoms with Gasteiger partial charge in [-0.1, -0.05) is 83.9 Å². The molecule has 0 unspecified atom stereocenters. The number of amides is 4. The number of aromatic nitrogens is 1. The van der Waals surface area contributed by atoms with E-state index in [4.69, 9.17) is 23.2 Å². The number of hydrogen-bond donors (Lipinski definition) is 5. The Morgan fingerprint density at radius 3 is 2.22 bits per heavy atom. The van der Waals surface area contributed by atoms with Crippen LogP contribution in [0.25, 0.3) is 10.9 Å². The van der Waals surface area contributed by atoms with Crippen LogP contribution in [-0.4, -0.2) is 53.0 Å². The molecule has 0 aliphatic carbocycles. The first kappa shape index (κ1) is 31.7. The van der Waals surface area contributed by atoms with Crippen molar-refractivity contribution in [3.05, 3.63) is 106 Å². The van der Waals surface area contributed by atoms with Crippen LogP contribution in [0.4, 0.5) is 0 Å². The van der Waals surface area contributed by atoms with E-state index in [0.29, 0.717) is 33.9 Å². The molecule has 3 atom stereocenters. The Bertz CT molecular complexity index is 1730. The zero-order chi connectivity index (χ0) is 31.9. The van der Waals surface area contributed by atoms with E-state index >= 15 is 0 Å². The molecule has 4 amide bonds. The highest BCUT2D eigenvalue weighted by atomic mass is 35.5. The van der Waals surface area contributed by atoms with Gasteiger partial charge in [0.25, 0.3) is 11.8 Å². The number of aromatic amines is 1. The Labute approximate surface area is 269 Å². The number of halogens is 2. The lowest BCUT2D eigenvalue weighted by molar-refractivity contribution is -0.141. The van der Waals surface area contributed by atoms with Crippen LogP contribution in [-0.2, 0) is 32.1 Å². The largest absolute Gasteiger partial charge is 0.356 e. The first-order valence-corrected chi connectivity index (χ1v) is 15.2. The molecular weight excluding hydrogens is 617 g/mol. The maximum Gasteiger partial charge on any atom is 0.289 e. The third-order valence-corrected chi connectivity index (χ3v) is 8.17. The molecule has 1 saturated heterocycles. The number of hydrogen-bond acceptors (Lipinski definition) is 5. The average Bonchev–Trinajstić information content (AvgIpc) is 3.65. The maximum absolute atomic E-state index is 13.8. The minimum absolute atomic E-state index is 0.0670. The summed E-state index contributed by atoms with van der Waals surface area (Å²) in [5, 5.41) is 12.1. The van der Waals surface area contributed by atoms with Crippen molar-refractivity contribution in [3.8, 4) is 0 Å². The van der Waals surface area contributed by atoms with Gasteiger partial charge >= 0.3 is 0 Å². The number of ketones is 1. The highest BCUT2D eigenvalue weighted by molar-refractivity contribution is 6.39. The van der Waals surface area contributed by atoms with Crippen molar-refractivity contribution in [1.29, 1.82) is 0 Å². The van der Waals surface area contributed by atoms with Gasteiger partial charge in [0.2, 0.25) is 17.6 Å². The van der Waals surface area contributed by atoms with Crippen LogP contribution in [0.15, 0.2) is 78.9 Å². The van der Waals surface area contributed by atoms with Crippen molar-refractivity contribution in [3.63, 3.8) is 0 Å². The van der Waals surface area contributed by atoms with E-state index in [1.54, 1.807) is 54.6 Å². The Balaban J connectivity index is 1.36. The monoisotopic (exact) mass is 647 g/mol. The van der Waals surface area contributed by atoms with Crippen LogP contribution >= 0.6 is 23.2 Å². The molecule has 0 spiro atoms. The summed E-state index contributed by atoms with van der Waals surface area (Å²) in [5.41, 5.74) is 2.24. The molecule has 0 bridgehead atoms. The Morgan fingerprint density at radius 2 is 1.56 bits per heavy atom. The average molecular weight is 649 g/mol. The summed E-state index contributed by atoms with van der Waals surface area (Å²) in [5.74, 6) is -3.86. The van der Waals surface area contributed by atoms with Crippen LogP contribution in [0.3, 0.4) is 0 Å².